The van der Waals surface area contributed by atoms with E-state index in [9.17, 15) is 19.7 Å². The maximum absolute atomic E-state index is 14.6. The van der Waals surface area contributed by atoms with Crippen LogP contribution < -0.4 is 20.3 Å². The lowest BCUT2D eigenvalue weighted by molar-refractivity contribution is 0.0821. The highest BCUT2D eigenvalue weighted by molar-refractivity contribution is 7.20. The van der Waals surface area contributed by atoms with Gasteiger partial charge in [0, 0.05) is 64.7 Å². The number of aryl methyl sites for hydroxylation is 1. The molecule has 4 aliphatic rings. The van der Waals surface area contributed by atoms with E-state index in [-0.39, 0.29) is 47.3 Å². The number of nitrogens with zero attached hydrogens (tertiary/aromatic N) is 10. The fourth-order valence-corrected chi connectivity index (χ4v) is 9.40. The van der Waals surface area contributed by atoms with Crippen molar-refractivity contribution in [2.75, 3.05) is 69.0 Å². The number of nitrogens with two attached hydrogens (primary N) is 1. The first-order chi connectivity index (χ1) is 23.5. The van der Waals surface area contributed by atoms with Gasteiger partial charge in [0.2, 0.25) is 0 Å². The average Bonchev–Trinajstić information content (AvgIpc) is 3.86. The molecule has 7 heterocycles. The van der Waals surface area contributed by atoms with Crippen molar-refractivity contribution in [1.29, 1.82) is 10.5 Å². The van der Waals surface area contributed by atoms with Gasteiger partial charge in [-0.05, 0) is 32.2 Å². The predicted octanol–water partition coefficient (Wildman–Crippen LogP) is 4.43. The van der Waals surface area contributed by atoms with Gasteiger partial charge in [-0.15, -0.1) is 11.3 Å². The predicted molar refractivity (Wildman–Crippen MR) is 184 cm³/mol. The summed E-state index contributed by atoms with van der Waals surface area (Å²) in [6, 6.07) is 4.66. The minimum absolute atomic E-state index is 0.0961. The molecular weight excluding hydrogens is 692 g/mol. The third-order valence-electron chi connectivity index (χ3n) is 10.2. The van der Waals surface area contributed by atoms with E-state index in [1.165, 1.54) is 16.2 Å². The molecule has 0 spiro atoms. The second-order valence-corrected chi connectivity index (χ2v) is 15.4. The number of nitriles is 2. The number of halogens is 3. The number of hydrogen-bond donors (Lipinski definition) is 1. The van der Waals surface area contributed by atoms with Crippen LogP contribution >= 0.6 is 34.5 Å². The molecule has 2 unspecified atom stereocenters. The largest absolute Gasteiger partial charge is 0.461 e. The van der Waals surface area contributed by atoms with E-state index in [0.29, 0.717) is 84.2 Å². The van der Waals surface area contributed by atoms with Crippen LogP contribution in [0.25, 0.3) is 0 Å². The maximum Gasteiger partial charge on any atom is 0.320 e. The summed E-state index contributed by atoms with van der Waals surface area (Å²) in [5.74, 6) is 0.386. The van der Waals surface area contributed by atoms with E-state index in [1.807, 2.05) is 9.80 Å². The normalized spacial score (nSPS) is 23.6. The van der Waals surface area contributed by atoms with Crippen molar-refractivity contribution in [3.8, 4) is 18.1 Å². The van der Waals surface area contributed by atoms with Gasteiger partial charge in [0.25, 0.3) is 5.91 Å². The number of rotatable bonds is 7. The van der Waals surface area contributed by atoms with Crippen LogP contribution in [0.5, 0.6) is 6.01 Å². The van der Waals surface area contributed by atoms with Crippen LogP contribution in [-0.4, -0.2) is 101 Å². The van der Waals surface area contributed by atoms with E-state index in [1.54, 1.807) is 18.8 Å². The number of thiophene rings is 1. The van der Waals surface area contributed by atoms with Gasteiger partial charge in [-0.3, -0.25) is 14.4 Å². The second-order valence-electron chi connectivity index (χ2n) is 13.4. The van der Waals surface area contributed by atoms with Gasteiger partial charge in [0.05, 0.1) is 32.7 Å². The first kappa shape index (κ1) is 33.6. The van der Waals surface area contributed by atoms with Crippen LogP contribution in [0.1, 0.15) is 70.9 Å². The smallest absolute Gasteiger partial charge is 0.320 e. The third-order valence-corrected chi connectivity index (χ3v) is 11.8. The molecule has 17 heteroatoms. The molecule has 0 aromatic carbocycles. The van der Waals surface area contributed by atoms with E-state index < -0.39 is 11.7 Å². The summed E-state index contributed by atoms with van der Waals surface area (Å²) in [6.07, 6.45) is 2.60. The van der Waals surface area contributed by atoms with Crippen molar-refractivity contribution in [1.82, 2.24) is 29.5 Å². The number of anilines is 3. The SMILES string of the molecule is CN(C)C(=O)c1nn2c(c1Cl)CN(c1nc(OC[C@@]34CCCN3CC(F)C4)nc(N3CCC(c4c(Cl)sc(N)c4C#N)C3)c1C#N)CCC2. The second kappa shape index (κ2) is 13.1. The number of carbonyl (C=O) groups excluding carboxylic acids is 1. The average molecular weight is 729 g/mol. The summed E-state index contributed by atoms with van der Waals surface area (Å²) in [6.45, 7) is 3.74. The molecule has 13 nitrogen and oxygen atoms in total. The number of aromatic nitrogens is 4. The highest BCUT2D eigenvalue weighted by Crippen LogP contribution is 2.45. The monoisotopic (exact) mass is 727 g/mol. The molecule has 3 aromatic heterocycles. The molecule has 3 fully saturated rings. The summed E-state index contributed by atoms with van der Waals surface area (Å²) in [7, 11) is 3.29. The Balaban J connectivity index is 1.26. The van der Waals surface area contributed by atoms with E-state index in [4.69, 9.17) is 43.6 Å². The zero-order valence-corrected chi connectivity index (χ0v) is 29.6. The first-order valence-electron chi connectivity index (χ1n) is 16.3. The summed E-state index contributed by atoms with van der Waals surface area (Å²) < 4.78 is 23.2. The summed E-state index contributed by atoms with van der Waals surface area (Å²) >= 11 is 14.5. The van der Waals surface area contributed by atoms with Crippen LogP contribution in [0.4, 0.5) is 21.0 Å². The zero-order valence-electron chi connectivity index (χ0n) is 27.3. The molecule has 0 aliphatic carbocycles. The molecule has 258 valence electrons. The topological polar surface area (TPSA) is 156 Å². The lowest BCUT2D eigenvalue weighted by atomic mass is 9.95. The van der Waals surface area contributed by atoms with E-state index >= 15 is 0 Å². The minimum Gasteiger partial charge on any atom is -0.461 e. The third kappa shape index (κ3) is 5.90. The molecule has 0 bridgehead atoms. The fraction of sp³-hybridized carbons (Fsp3) is 0.562. The molecule has 3 atom stereocenters. The molecule has 49 heavy (non-hydrogen) atoms. The molecule has 3 aromatic rings. The number of fused-ring (bicyclic) bond motifs is 2. The number of hydrogen-bond acceptors (Lipinski definition) is 12. The molecule has 0 saturated carbocycles. The van der Waals surface area contributed by atoms with Crippen molar-refractivity contribution in [3.05, 3.63) is 37.4 Å². The number of carbonyl (C=O) groups is 1. The van der Waals surface area contributed by atoms with Gasteiger partial charge in [-0.2, -0.15) is 25.6 Å². The van der Waals surface area contributed by atoms with Crippen LogP contribution in [0.2, 0.25) is 9.36 Å². The van der Waals surface area contributed by atoms with Crippen molar-refractivity contribution in [2.24, 2.45) is 0 Å². The molecular formula is C32H36Cl2FN11O2S. The summed E-state index contributed by atoms with van der Waals surface area (Å²) in [5.41, 5.74) is 7.88. The van der Waals surface area contributed by atoms with Gasteiger partial charge in [0.1, 0.15) is 35.5 Å². The summed E-state index contributed by atoms with van der Waals surface area (Å²) in [5, 5.41) is 25.6. The Morgan fingerprint density at radius 1 is 1.10 bits per heavy atom. The number of nitrogen functional groups attached to an aromatic ring is 1. The summed E-state index contributed by atoms with van der Waals surface area (Å²) in [4.78, 5) is 30.0. The van der Waals surface area contributed by atoms with Crippen molar-refractivity contribution < 1.29 is 13.9 Å². The highest BCUT2D eigenvalue weighted by atomic mass is 35.5. The molecule has 4 aliphatic heterocycles. The first-order valence-corrected chi connectivity index (χ1v) is 17.9. The quantitative estimate of drug-likeness (QED) is 0.367. The Kier molecular flexibility index (Phi) is 8.98. The Morgan fingerprint density at radius 3 is 2.59 bits per heavy atom. The zero-order chi connectivity index (χ0) is 34.6. The highest BCUT2D eigenvalue weighted by Gasteiger charge is 2.49. The van der Waals surface area contributed by atoms with Gasteiger partial charge in [-0.25, -0.2) is 4.39 Å². The Labute approximate surface area is 297 Å². The van der Waals surface area contributed by atoms with Gasteiger partial charge < -0.3 is 25.2 Å². The Bertz CT molecular complexity index is 1890. The van der Waals surface area contributed by atoms with Gasteiger partial charge in [0.15, 0.2) is 17.3 Å². The van der Waals surface area contributed by atoms with Gasteiger partial charge >= 0.3 is 6.01 Å². The van der Waals surface area contributed by atoms with Crippen LogP contribution in [0.15, 0.2) is 0 Å². The lowest BCUT2D eigenvalue weighted by Crippen LogP contribution is -2.43. The van der Waals surface area contributed by atoms with E-state index in [0.717, 1.165) is 24.9 Å². The Morgan fingerprint density at radius 2 is 1.86 bits per heavy atom. The van der Waals surface area contributed by atoms with Crippen molar-refractivity contribution in [3.63, 3.8) is 0 Å². The number of alkyl halides is 1. The molecule has 0 radical (unpaired) electrons. The molecule has 2 N–H and O–H groups in total. The number of amides is 1. The van der Waals surface area contributed by atoms with Gasteiger partial charge in [-0.1, -0.05) is 23.2 Å². The van der Waals surface area contributed by atoms with Crippen LogP contribution in [-0.2, 0) is 13.1 Å². The Hall–Kier alpha value is -3.89. The maximum atomic E-state index is 14.6. The van der Waals surface area contributed by atoms with Crippen LogP contribution in [0.3, 0.4) is 0 Å². The standard InChI is InChI=1S/C32H36Cl2FN11O2S/c1-42(2)30(47)25-24(33)22-16-43(7-4-9-46(22)41-25)28-21(13-37)29(44-10-5-18(14-44)23-20(12-36)27(38)49-26(23)34)40-31(39-28)48-17-32-6-3-8-45(32)15-19(35)11-32/h18-19H,3-11,14-17,38H2,1-2H3/t18?,19?,32-/m0/s1. The van der Waals surface area contributed by atoms with E-state index in [2.05, 4.69) is 22.1 Å². The molecule has 1 amide bonds. The number of ether oxygens (including phenoxy) is 1. The molecule has 7 rings (SSSR count). The minimum atomic E-state index is -0.911. The van der Waals surface area contributed by atoms with Crippen LogP contribution in [0, 0.1) is 22.7 Å². The lowest BCUT2D eigenvalue weighted by Gasteiger charge is -2.31. The van der Waals surface area contributed by atoms with Crippen molar-refractivity contribution >= 4 is 57.1 Å². The fourth-order valence-electron chi connectivity index (χ4n) is 7.80. The molecule has 3 saturated heterocycles. The van der Waals surface area contributed by atoms with Crippen molar-refractivity contribution in [2.45, 2.75) is 62.8 Å².